The van der Waals surface area contributed by atoms with Gasteiger partial charge < -0.3 is 15.0 Å². The first kappa shape index (κ1) is 15.9. The van der Waals surface area contributed by atoms with Gasteiger partial charge in [-0.15, -0.1) is 0 Å². The van der Waals surface area contributed by atoms with Gasteiger partial charge in [0.15, 0.2) is 0 Å². The van der Waals surface area contributed by atoms with E-state index >= 15 is 0 Å². The number of nitrogens with one attached hydrogen (secondary N) is 1. The summed E-state index contributed by atoms with van der Waals surface area (Å²) in [5, 5.41) is 3.57. The van der Waals surface area contributed by atoms with Gasteiger partial charge in [0.2, 0.25) is 0 Å². The summed E-state index contributed by atoms with van der Waals surface area (Å²) in [7, 11) is 4.34. The molecular weight excluding hydrogens is 200 g/mol. The second-order valence-electron chi connectivity index (χ2n) is 4.47. The van der Waals surface area contributed by atoms with E-state index in [2.05, 4.69) is 52.0 Å². The summed E-state index contributed by atoms with van der Waals surface area (Å²) in [4.78, 5) is 2.35. The maximum absolute atomic E-state index is 5.62. The van der Waals surface area contributed by atoms with Crippen molar-refractivity contribution in [3.05, 3.63) is 0 Å². The van der Waals surface area contributed by atoms with Crippen LogP contribution in [0.25, 0.3) is 0 Å². The molecule has 0 aliphatic carbocycles. The molecule has 0 aromatic rings. The van der Waals surface area contributed by atoms with Gasteiger partial charge in [-0.25, -0.2) is 0 Å². The maximum Gasteiger partial charge on any atom is 0.0637 e. The molecular formula is C13H30N2O. The Morgan fingerprint density at radius 2 is 1.69 bits per heavy atom. The molecule has 3 nitrogen and oxygen atoms in total. The van der Waals surface area contributed by atoms with E-state index in [0.29, 0.717) is 6.04 Å². The van der Waals surface area contributed by atoms with E-state index in [-0.39, 0.29) is 5.54 Å². The largest absolute Gasteiger partial charge is 0.380 e. The number of hydrogen-bond acceptors (Lipinski definition) is 3. The van der Waals surface area contributed by atoms with Gasteiger partial charge in [-0.05, 0) is 40.4 Å². The zero-order valence-corrected chi connectivity index (χ0v) is 12.0. The minimum absolute atomic E-state index is 0.200. The van der Waals surface area contributed by atoms with Gasteiger partial charge in [0.05, 0.1) is 6.61 Å². The highest BCUT2D eigenvalue weighted by molar-refractivity contribution is 4.96. The normalized spacial score (nSPS) is 14.4. The molecule has 1 N–H and O–H groups in total. The van der Waals surface area contributed by atoms with Gasteiger partial charge in [0, 0.05) is 18.2 Å². The van der Waals surface area contributed by atoms with E-state index in [1.165, 1.54) is 0 Å². The lowest BCUT2D eigenvalue weighted by atomic mass is 9.83. The first-order valence-corrected chi connectivity index (χ1v) is 6.57. The summed E-state index contributed by atoms with van der Waals surface area (Å²) in [5.41, 5.74) is 0.200. The summed E-state index contributed by atoms with van der Waals surface area (Å²) in [6.45, 7) is 11.3. The van der Waals surface area contributed by atoms with Gasteiger partial charge in [0.1, 0.15) is 0 Å². The van der Waals surface area contributed by atoms with E-state index in [4.69, 9.17) is 4.74 Å². The fraction of sp³-hybridized carbons (Fsp3) is 1.00. The van der Waals surface area contributed by atoms with Crippen LogP contribution in [0.4, 0.5) is 0 Å². The van der Waals surface area contributed by atoms with E-state index in [9.17, 15) is 0 Å². The molecule has 0 aromatic carbocycles. The second-order valence-corrected chi connectivity index (χ2v) is 4.47. The molecule has 3 heteroatoms. The number of likely N-dealkylation sites (N-methyl/N-ethyl adjacent to an activating group) is 2. The molecule has 0 radical (unpaired) electrons. The topological polar surface area (TPSA) is 24.5 Å². The molecule has 1 atom stereocenters. The average Bonchev–Trinajstić information content (AvgIpc) is 2.27. The molecule has 0 heterocycles. The monoisotopic (exact) mass is 230 g/mol. The molecule has 0 fully saturated rings. The van der Waals surface area contributed by atoms with Crippen LogP contribution in [0.5, 0.6) is 0 Å². The van der Waals surface area contributed by atoms with E-state index < -0.39 is 0 Å². The van der Waals surface area contributed by atoms with Crippen molar-refractivity contribution in [1.29, 1.82) is 0 Å². The summed E-state index contributed by atoms with van der Waals surface area (Å²) in [6.07, 6.45) is 2.28. The second kappa shape index (κ2) is 8.04. The Balaban J connectivity index is 4.76. The Morgan fingerprint density at radius 3 is 2.00 bits per heavy atom. The summed E-state index contributed by atoms with van der Waals surface area (Å²) < 4.78 is 5.62. The highest BCUT2D eigenvalue weighted by Gasteiger charge is 2.37. The van der Waals surface area contributed by atoms with Crippen LogP contribution < -0.4 is 5.32 Å². The molecule has 0 spiro atoms. The van der Waals surface area contributed by atoms with Crippen LogP contribution in [0.3, 0.4) is 0 Å². The molecule has 0 saturated heterocycles. The van der Waals surface area contributed by atoms with Crippen molar-refractivity contribution < 1.29 is 4.74 Å². The summed E-state index contributed by atoms with van der Waals surface area (Å²) >= 11 is 0. The maximum atomic E-state index is 5.62. The van der Waals surface area contributed by atoms with Crippen molar-refractivity contribution in [2.24, 2.45) is 0 Å². The highest BCUT2D eigenvalue weighted by Crippen LogP contribution is 2.26. The molecule has 0 aliphatic heterocycles. The Bertz CT molecular complexity index is 167. The van der Waals surface area contributed by atoms with E-state index in [0.717, 1.165) is 32.6 Å². The summed E-state index contributed by atoms with van der Waals surface area (Å²) in [6, 6.07) is 0.405. The molecule has 0 saturated carbocycles. The lowest BCUT2D eigenvalue weighted by Crippen LogP contribution is -2.60. The molecule has 16 heavy (non-hydrogen) atoms. The van der Waals surface area contributed by atoms with Gasteiger partial charge in [-0.2, -0.15) is 0 Å². The number of nitrogens with zero attached hydrogens (tertiary/aromatic N) is 1. The van der Waals surface area contributed by atoms with Crippen LogP contribution in [-0.4, -0.2) is 50.3 Å². The molecule has 0 aromatic heterocycles. The van der Waals surface area contributed by atoms with Crippen molar-refractivity contribution in [2.75, 3.05) is 33.9 Å². The fourth-order valence-corrected chi connectivity index (χ4v) is 2.57. The number of hydrogen-bond donors (Lipinski definition) is 1. The van der Waals surface area contributed by atoms with Crippen LogP contribution in [0.15, 0.2) is 0 Å². The quantitative estimate of drug-likeness (QED) is 0.656. The SMILES string of the molecule is CCNC(COCC)C(CC)(CC)N(C)C. The van der Waals surface area contributed by atoms with Crippen LogP contribution in [-0.2, 0) is 4.74 Å². The summed E-state index contributed by atoms with van der Waals surface area (Å²) in [5.74, 6) is 0. The molecule has 0 rings (SSSR count). The molecule has 98 valence electrons. The van der Waals surface area contributed by atoms with E-state index in [1.54, 1.807) is 0 Å². The van der Waals surface area contributed by atoms with Crippen molar-refractivity contribution >= 4 is 0 Å². The predicted octanol–water partition coefficient (Wildman–Crippen LogP) is 2.12. The Morgan fingerprint density at radius 1 is 1.12 bits per heavy atom. The third-order valence-corrected chi connectivity index (χ3v) is 3.70. The zero-order chi connectivity index (χ0) is 12.6. The lowest BCUT2D eigenvalue weighted by Gasteiger charge is -2.45. The van der Waals surface area contributed by atoms with Crippen molar-refractivity contribution in [2.45, 2.75) is 52.1 Å². The standard InChI is InChI=1S/C13H30N2O/c1-7-13(8-2,15(5)6)12(14-9-3)11-16-10-4/h12,14H,7-11H2,1-6H3. The van der Waals surface area contributed by atoms with Crippen LogP contribution in [0.2, 0.25) is 0 Å². The van der Waals surface area contributed by atoms with Gasteiger partial charge in [-0.3, -0.25) is 0 Å². The Kier molecular flexibility index (Phi) is 7.98. The number of rotatable bonds is 9. The van der Waals surface area contributed by atoms with Gasteiger partial charge >= 0.3 is 0 Å². The highest BCUT2D eigenvalue weighted by atomic mass is 16.5. The Labute approximate surface area is 102 Å². The van der Waals surface area contributed by atoms with Crippen molar-refractivity contribution in [1.82, 2.24) is 10.2 Å². The first-order chi connectivity index (χ1) is 7.58. The van der Waals surface area contributed by atoms with E-state index in [1.807, 2.05) is 0 Å². The van der Waals surface area contributed by atoms with Gasteiger partial charge in [0.25, 0.3) is 0 Å². The van der Waals surface area contributed by atoms with Gasteiger partial charge in [-0.1, -0.05) is 20.8 Å². The molecule has 0 amide bonds. The average molecular weight is 230 g/mol. The molecule has 0 bridgehead atoms. The first-order valence-electron chi connectivity index (χ1n) is 6.57. The lowest BCUT2D eigenvalue weighted by molar-refractivity contribution is 0.0288. The smallest absolute Gasteiger partial charge is 0.0637 e. The zero-order valence-electron chi connectivity index (χ0n) is 12.0. The minimum Gasteiger partial charge on any atom is -0.380 e. The molecule has 1 unspecified atom stereocenters. The fourth-order valence-electron chi connectivity index (χ4n) is 2.57. The van der Waals surface area contributed by atoms with Crippen LogP contribution in [0.1, 0.15) is 40.5 Å². The number of ether oxygens (including phenoxy) is 1. The molecule has 0 aliphatic rings. The van der Waals surface area contributed by atoms with Crippen molar-refractivity contribution in [3.8, 4) is 0 Å². The minimum atomic E-state index is 0.200. The third kappa shape index (κ3) is 3.72. The van der Waals surface area contributed by atoms with Crippen molar-refractivity contribution in [3.63, 3.8) is 0 Å². The Hall–Kier alpha value is -0.120. The predicted molar refractivity (Wildman–Crippen MR) is 71.0 cm³/mol. The van der Waals surface area contributed by atoms with Crippen LogP contribution in [0, 0.1) is 0 Å². The third-order valence-electron chi connectivity index (χ3n) is 3.70. The van der Waals surface area contributed by atoms with Crippen LogP contribution >= 0.6 is 0 Å².